The summed E-state index contributed by atoms with van der Waals surface area (Å²) in [5.74, 6) is 0. The van der Waals surface area contributed by atoms with E-state index in [1.165, 1.54) is 158 Å². The number of thiophene rings is 1. The quantitative estimate of drug-likeness (QED) is 0.149. The number of rotatable bonds is 8. The van der Waals surface area contributed by atoms with Crippen LogP contribution in [-0.2, 0) is 0 Å². The highest BCUT2D eigenvalue weighted by molar-refractivity contribution is 7.25. The molecule has 0 bridgehead atoms. The Morgan fingerprint density at radius 2 is 0.461 bits per heavy atom. The molecule has 476 valence electrons. The molecule has 0 aliphatic rings. The number of hydrogen-bond acceptors (Lipinski definition) is 2. The molecule has 0 saturated carbocycles. The number of hydrogen-bond donors (Lipinski definition) is 0. The van der Waals surface area contributed by atoms with Crippen molar-refractivity contribution < 1.29 is 4.42 Å². The van der Waals surface area contributed by atoms with E-state index < -0.39 is 0 Å². The van der Waals surface area contributed by atoms with Gasteiger partial charge in [-0.1, -0.05) is 243 Å². The van der Waals surface area contributed by atoms with Gasteiger partial charge in [-0.05, 0) is 166 Å². The molecule has 16 aromatic carbocycles. The molecule has 102 heavy (non-hydrogen) atoms. The second-order valence-corrected chi connectivity index (χ2v) is 27.8. The van der Waals surface area contributed by atoms with Crippen LogP contribution in [0.15, 0.2) is 368 Å². The van der Waals surface area contributed by atoms with E-state index in [0.717, 1.165) is 39.0 Å². The second kappa shape index (κ2) is 23.2. The van der Waals surface area contributed by atoms with Crippen molar-refractivity contribution in [3.05, 3.63) is 364 Å². The molecule has 0 spiro atoms. The number of nitrogens with zero attached hydrogens (tertiary/aromatic N) is 4. The SMILES string of the molecule is c1ccc(-c2ccc(-n3c4ccccc4c4ccc(-c5ccc6c7ccccc7n(-c7ccc8oc9ccccc9c8c7)c6c5)cc43)cc2)cc1.c1ccc(-c2ccc(-n3c4ccccc4c4ccc(-c5ccc6c7ccccc7n(-c7ccc8sc9ccccc9c8c7)c6c5)cc43)cc2)cc1. The molecule has 6 heterocycles. The minimum absolute atomic E-state index is 0.903. The van der Waals surface area contributed by atoms with Crippen molar-refractivity contribution >= 4 is 141 Å². The molecule has 6 aromatic heterocycles. The minimum Gasteiger partial charge on any atom is -0.456 e. The van der Waals surface area contributed by atoms with Crippen molar-refractivity contribution in [2.24, 2.45) is 0 Å². The van der Waals surface area contributed by atoms with Gasteiger partial charge in [0.1, 0.15) is 11.2 Å². The summed E-state index contributed by atoms with van der Waals surface area (Å²) in [7, 11) is 0. The predicted octanol–water partition coefficient (Wildman–Crippen LogP) is 26.7. The Hall–Kier alpha value is -13.3. The van der Waals surface area contributed by atoms with Crippen molar-refractivity contribution in [1.29, 1.82) is 0 Å². The van der Waals surface area contributed by atoms with Gasteiger partial charge >= 0.3 is 0 Å². The van der Waals surface area contributed by atoms with E-state index in [-0.39, 0.29) is 0 Å². The summed E-state index contributed by atoms with van der Waals surface area (Å²) < 4.78 is 18.5. The standard InChI is InChI=1S/C48H30N2O.C48H30N2S/c2*1-2-10-31(11-3-1)32-18-22-35(23-19-32)49-43-15-7-4-12-37(43)39-25-20-33(28-45(39)49)34-21-26-40-38-13-5-8-16-44(38)50(46(40)29-34)36-24-27-48-42(30-36)41-14-6-9-17-47(41)51-48/h2*1-30H. The summed E-state index contributed by atoms with van der Waals surface area (Å²) in [6.07, 6.45) is 0. The highest BCUT2D eigenvalue weighted by Gasteiger charge is 2.21. The van der Waals surface area contributed by atoms with Crippen LogP contribution in [0.1, 0.15) is 0 Å². The van der Waals surface area contributed by atoms with Gasteiger partial charge in [-0.3, -0.25) is 0 Å². The van der Waals surface area contributed by atoms with Gasteiger partial charge in [-0.2, -0.15) is 0 Å². The zero-order valence-corrected chi connectivity index (χ0v) is 56.1. The molecule has 0 aliphatic carbocycles. The van der Waals surface area contributed by atoms with Crippen molar-refractivity contribution in [1.82, 2.24) is 18.3 Å². The lowest BCUT2D eigenvalue weighted by atomic mass is 10.0. The Labute approximate surface area is 590 Å². The Morgan fingerprint density at radius 1 is 0.167 bits per heavy atom. The number of para-hydroxylation sites is 5. The Bertz CT molecular complexity index is 6670. The summed E-state index contributed by atoms with van der Waals surface area (Å²) >= 11 is 1.86. The lowest BCUT2D eigenvalue weighted by molar-refractivity contribution is 0.669. The molecule has 22 aromatic rings. The molecule has 0 aliphatic heterocycles. The van der Waals surface area contributed by atoms with Crippen molar-refractivity contribution in [3.8, 4) is 67.3 Å². The predicted molar refractivity (Wildman–Crippen MR) is 432 cm³/mol. The van der Waals surface area contributed by atoms with Gasteiger partial charge < -0.3 is 22.7 Å². The highest BCUT2D eigenvalue weighted by atomic mass is 32.1. The number of benzene rings is 16. The Morgan fingerprint density at radius 3 is 0.902 bits per heavy atom. The Balaban J connectivity index is 0.000000133. The lowest BCUT2D eigenvalue weighted by Crippen LogP contribution is -1.94. The molecule has 0 atom stereocenters. The molecule has 0 N–H and O–H groups in total. The maximum Gasteiger partial charge on any atom is 0.135 e. The van der Waals surface area contributed by atoms with Crippen LogP contribution in [-0.4, -0.2) is 18.3 Å². The fourth-order valence-electron chi connectivity index (χ4n) is 16.3. The largest absolute Gasteiger partial charge is 0.456 e. The van der Waals surface area contributed by atoms with Gasteiger partial charge in [0.2, 0.25) is 0 Å². The normalized spacial score (nSPS) is 11.9. The zero-order valence-electron chi connectivity index (χ0n) is 55.2. The molecule has 0 fully saturated rings. The third kappa shape index (κ3) is 9.24. The molecule has 0 amide bonds. The lowest BCUT2D eigenvalue weighted by Gasteiger charge is -2.11. The topological polar surface area (TPSA) is 32.9 Å². The van der Waals surface area contributed by atoms with E-state index >= 15 is 0 Å². The van der Waals surface area contributed by atoms with Crippen LogP contribution in [0.5, 0.6) is 0 Å². The molecule has 22 rings (SSSR count). The van der Waals surface area contributed by atoms with Gasteiger partial charge in [0.15, 0.2) is 0 Å². The molecule has 6 heteroatoms. The first kappa shape index (κ1) is 57.8. The summed E-state index contributed by atoms with van der Waals surface area (Å²) in [5.41, 5.74) is 25.7. The highest BCUT2D eigenvalue weighted by Crippen LogP contribution is 2.44. The van der Waals surface area contributed by atoms with Crippen LogP contribution >= 0.6 is 11.3 Å². The number of fused-ring (bicyclic) bond motifs is 18. The average molecular weight is 1320 g/mol. The first-order chi connectivity index (χ1) is 50.6. The second-order valence-electron chi connectivity index (χ2n) is 26.7. The maximum absolute atomic E-state index is 6.19. The fourth-order valence-corrected chi connectivity index (χ4v) is 17.4. The van der Waals surface area contributed by atoms with E-state index in [1.54, 1.807) is 0 Å². The third-order valence-corrected chi connectivity index (χ3v) is 22.2. The molecule has 0 unspecified atom stereocenters. The third-order valence-electron chi connectivity index (χ3n) is 21.1. The Kier molecular flexibility index (Phi) is 13.1. The molecule has 5 nitrogen and oxygen atoms in total. The maximum atomic E-state index is 6.19. The van der Waals surface area contributed by atoms with E-state index in [0.29, 0.717) is 0 Å². The van der Waals surface area contributed by atoms with E-state index in [4.69, 9.17) is 4.42 Å². The number of aromatic nitrogens is 4. The summed E-state index contributed by atoms with van der Waals surface area (Å²) in [6.45, 7) is 0. The van der Waals surface area contributed by atoms with Crippen molar-refractivity contribution in [3.63, 3.8) is 0 Å². The van der Waals surface area contributed by atoms with Crippen LogP contribution < -0.4 is 0 Å². The summed E-state index contributed by atoms with van der Waals surface area (Å²) in [4.78, 5) is 0. The van der Waals surface area contributed by atoms with Gasteiger partial charge in [0.25, 0.3) is 0 Å². The zero-order chi connectivity index (χ0) is 66.9. The van der Waals surface area contributed by atoms with Crippen LogP contribution in [0, 0.1) is 0 Å². The van der Waals surface area contributed by atoms with Gasteiger partial charge in [-0.25, -0.2) is 0 Å². The van der Waals surface area contributed by atoms with Gasteiger partial charge in [0, 0.05) is 96.8 Å². The van der Waals surface area contributed by atoms with Crippen LogP contribution in [0.25, 0.3) is 197 Å². The van der Waals surface area contributed by atoms with E-state index in [1.807, 2.05) is 23.5 Å². The summed E-state index contributed by atoms with van der Waals surface area (Å²) in [6, 6.07) is 132. The number of furan rings is 1. The molecular weight excluding hydrogens is 1260 g/mol. The average Bonchev–Trinajstić information content (AvgIpc) is 1.57. The van der Waals surface area contributed by atoms with Crippen molar-refractivity contribution in [2.45, 2.75) is 0 Å². The van der Waals surface area contributed by atoms with Crippen molar-refractivity contribution in [2.75, 3.05) is 0 Å². The fraction of sp³-hybridized carbons (Fsp3) is 0. The summed E-state index contributed by atoms with van der Waals surface area (Å²) in [5, 5.41) is 14.9. The van der Waals surface area contributed by atoms with Crippen LogP contribution in [0.3, 0.4) is 0 Å². The van der Waals surface area contributed by atoms with Gasteiger partial charge in [0.05, 0.1) is 44.1 Å². The molecule has 0 radical (unpaired) electrons. The van der Waals surface area contributed by atoms with E-state index in [2.05, 4.69) is 370 Å². The molecular formula is C96H60N4OS. The first-order valence-corrected chi connectivity index (χ1v) is 35.7. The molecule has 0 saturated heterocycles. The first-order valence-electron chi connectivity index (χ1n) is 34.9. The minimum atomic E-state index is 0.903. The smallest absolute Gasteiger partial charge is 0.135 e. The van der Waals surface area contributed by atoms with Crippen LogP contribution in [0.4, 0.5) is 0 Å². The van der Waals surface area contributed by atoms with Gasteiger partial charge in [-0.15, -0.1) is 11.3 Å². The monoisotopic (exact) mass is 1320 g/mol. The van der Waals surface area contributed by atoms with Crippen LogP contribution in [0.2, 0.25) is 0 Å². The van der Waals surface area contributed by atoms with E-state index in [9.17, 15) is 0 Å².